The summed E-state index contributed by atoms with van der Waals surface area (Å²) in [6.45, 7) is 8.01. The number of aliphatic hydroxyl groups is 1. The van der Waals surface area contributed by atoms with Crippen LogP contribution in [0.5, 0.6) is 5.75 Å². The number of benzene rings is 1. The van der Waals surface area contributed by atoms with E-state index in [0.29, 0.717) is 30.7 Å². The van der Waals surface area contributed by atoms with Crippen LogP contribution in [0.4, 0.5) is 5.69 Å². The van der Waals surface area contributed by atoms with Crippen LogP contribution in [-0.4, -0.2) is 83.8 Å². The lowest BCUT2D eigenvalue weighted by atomic mass is 9.70. The predicted octanol–water partition coefficient (Wildman–Crippen LogP) is 3.24. The number of carbonyl (C=O) groups is 3. The second kappa shape index (κ2) is 12.7. The largest absolute Gasteiger partial charge is 0.497 e. The van der Waals surface area contributed by atoms with Crippen LogP contribution in [0.1, 0.15) is 32.1 Å². The molecule has 3 heterocycles. The molecule has 3 fully saturated rings. The molecule has 0 radical (unpaired) electrons. The number of likely N-dealkylation sites (tertiary alicyclic amines) is 1. The number of anilines is 1. The Hall–Kier alpha value is -2.69. The van der Waals surface area contributed by atoms with Crippen molar-refractivity contribution in [2.24, 2.45) is 11.8 Å². The smallest absolute Gasteiger partial charge is 0.312 e. The van der Waals surface area contributed by atoms with Crippen LogP contribution >= 0.6 is 15.9 Å². The summed E-state index contributed by atoms with van der Waals surface area (Å²) in [4.78, 5) is 44.5. The Bertz CT molecular complexity index is 1080. The highest BCUT2D eigenvalue weighted by Crippen LogP contribution is 2.60. The molecule has 0 aliphatic carbocycles. The highest BCUT2D eigenvalue weighted by molar-refractivity contribution is 9.09. The van der Waals surface area contributed by atoms with E-state index in [0.717, 1.165) is 12.8 Å². The minimum atomic E-state index is -1.19. The Morgan fingerprint density at radius 1 is 1.23 bits per heavy atom. The summed E-state index contributed by atoms with van der Waals surface area (Å²) in [5.41, 5.74) is -0.575. The molecule has 1 N–H and O–H groups in total. The van der Waals surface area contributed by atoms with E-state index < -0.39 is 35.6 Å². The van der Waals surface area contributed by atoms with Crippen molar-refractivity contribution >= 4 is 39.4 Å². The number of nitrogens with zero attached hydrogens (tertiary/aromatic N) is 2. The number of unbranched alkanes of at least 4 members (excludes halogenated alkanes) is 2. The number of ether oxygens (including phenoxy) is 3. The van der Waals surface area contributed by atoms with E-state index in [2.05, 4.69) is 29.1 Å². The summed E-state index contributed by atoms with van der Waals surface area (Å²) in [5.74, 6) is -2.13. The zero-order valence-corrected chi connectivity index (χ0v) is 23.9. The molecule has 9 nitrogen and oxygen atoms in total. The van der Waals surface area contributed by atoms with Crippen molar-refractivity contribution in [2.45, 2.75) is 54.7 Å². The molecular formula is C29H37BrN2O7. The van der Waals surface area contributed by atoms with Crippen LogP contribution in [0.25, 0.3) is 0 Å². The molecular weight excluding hydrogens is 568 g/mol. The van der Waals surface area contributed by atoms with Crippen molar-refractivity contribution in [3.8, 4) is 5.75 Å². The number of carbonyl (C=O) groups excluding carboxylic acids is 3. The third kappa shape index (κ3) is 5.38. The Labute approximate surface area is 237 Å². The zero-order valence-electron chi connectivity index (χ0n) is 22.3. The average Bonchev–Trinajstić information content (AvgIpc) is 3.53. The van der Waals surface area contributed by atoms with E-state index in [9.17, 15) is 19.5 Å². The van der Waals surface area contributed by atoms with Crippen LogP contribution in [0.3, 0.4) is 0 Å². The molecule has 2 bridgehead atoms. The maximum Gasteiger partial charge on any atom is 0.312 e. The minimum absolute atomic E-state index is 0.141. The lowest BCUT2D eigenvalue weighted by molar-refractivity contribution is -0.155. The SMILES string of the molecule is C=CCCCCOC(=O)[C@H]1[C@H]2C(=O)N(CCCO)C(C(=O)N(CC=C)c3ccc(OC)cc3)C23CC(Br)[C@@H]1O3. The van der Waals surface area contributed by atoms with Gasteiger partial charge in [-0.15, -0.1) is 13.2 Å². The van der Waals surface area contributed by atoms with E-state index in [1.165, 1.54) is 4.90 Å². The molecule has 3 unspecified atom stereocenters. The second-order valence-corrected chi connectivity index (χ2v) is 11.3. The molecule has 0 aromatic heterocycles. The minimum Gasteiger partial charge on any atom is -0.497 e. The number of halogens is 1. The van der Waals surface area contributed by atoms with Gasteiger partial charge in [0.15, 0.2) is 0 Å². The maximum absolute atomic E-state index is 14.4. The van der Waals surface area contributed by atoms with Crippen molar-refractivity contribution < 1.29 is 33.7 Å². The molecule has 3 aliphatic rings. The Morgan fingerprint density at radius 2 is 1.97 bits per heavy atom. The van der Waals surface area contributed by atoms with Crippen LogP contribution in [0, 0.1) is 11.8 Å². The monoisotopic (exact) mass is 604 g/mol. The first kappa shape index (κ1) is 29.3. The van der Waals surface area contributed by atoms with Gasteiger partial charge in [0, 0.05) is 30.2 Å². The summed E-state index contributed by atoms with van der Waals surface area (Å²) < 4.78 is 17.4. The molecule has 4 rings (SSSR count). The van der Waals surface area contributed by atoms with Crippen LogP contribution in [0.2, 0.25) is 0 Å². The predicted molar refractivity (Wildman–Crippen MR) is 150 cm³/mol. The van der Waals surface area contributed by atoms with Crippen molar-refractivity contribution in [3.63, 3.8) is 0 Å². The van der Waals surface area contributed by atoms with Gasteiger partial charge in [0.05, 0.1) is 31.7 Å². The number of fused-ring (bicyclic) bond motifs is 1. The lowest BCUT2D eigenvalue weighted by Gasteiger charge is -2.37. The number of hydrogen-bond donors (Lipinski definition) is 1. The number of methoxy groups -OCH3 is 1. The van der Waals surface area contributed by atoms with E-state index in [-0.39, 0.29) is 42.9 Å². The molecule has 0 saturated carbocycles. The van der Waals surface area contributed by atoms with Gasteiger partial charge in [-0.25, -0.2) is 0 Å². The van der Waals surface area contributed by atoms with E-state index in [1.54, 1.807) is 42.4 Å². The van der Waals surface area contributed by atoms with Gasteiger partial charge >= 0.3 is 5.97 Å². The first-order valence-electron chi connectivity index (χ1n) is 13.4. The fourth-order valence-electron chi connectivity index (χ4n) is 6.18. The van der Waals surface area contributed by atoms with Gasteiger partial charge in [0.25, 0.3) is 5.91 Å². The third-order valence-electron chi connectivity index (χ3n) is 7.86. The summed E-state index contributed by atoms with van der Waals surface area (Å²) in [5, 5.41) is 9.55. The fraction of sp³-hybridized carbons (Fsp3) is 0.552. The van der Waals surface area contributed by atoms with Crippen LogP contribution in [0.15, 0.2) is 49.6 Å². The van der Waals surface area contributed by atoms with Gasteiger partial charge in [0.2, 0.25) is 5.91 Å². The molecule has 10 heteroatoms. The highest BCUT2D eigenvalue weighted by Gasteiger charge is 2.77. The Balaban J connectivity index is 1.67. The first-order valence-corrected chi connectivity index (χ1v) is 14.3. The molecule has 3 aliphatic heterocycles. The van der Waals surface area contributed by atoms with E-state index in [1.807, 2.05) is 6.08 Å². The summed E-state index contributed by atoms with van der Waals surface area (Å²) in [7, 11) is 1.57. The quantitative estimate of drug-likeness (QED) is 0.150. The number of rotatable bonds is 14. The van der Waals surface area contributed by atoms with Gasteiger partial charge in [-0.05, 0) is 56.4 Å². The molecule has 1 aromatic carbocycles. The van der Waals surface area contributed by atoms with Gasteiger partial charge in [0.1, 0.15) is 17.4 Å². The first-order chi connectivity index (χ1) is 18.8. The number of amides is 2. The van der Waals surface area contributed by atoms with E-state index in [4.69, 9.17) is 14.2 Å². The maximum atomic E-state index is 14.4. The van der Waals surface area contributed by atoms with Crippen molar-refractivity contribution in [1.82, 2.24) is 4.90 Å². The normalized spacial score (nSPS) is 28.7. The van der Waals surface area contributed by atoms with Crippen molar-refractivity contribution in [3.05, 3.63) is 49.6 Å². The second-order valence-electron chi connectivity index (χ2n) is 10.2. The topological polar surface area (TPSA) is 106 Å². The molecule has 212 valence electrons. The molecule has 1 aromatic rings. The standard InChI is InChI=1S/C29H37BrN2O7/c1-4-6-7-8-17-38-28(36)22-23-26(34)32(15-9-16-33)25(29(23)18-21(30)24(22)39-29)27(35)31(14-5-2)19-10-12-20(37-3)13-11-19/h4-5,10-13,21-25,33H,1-2,6-9,14-18H2,3H3/t21?,22-,23-,24-,25?,29?/m0/s1. The van der Waals surface area contributed by atoms with Gasteiger partial charge in [-0.1, -0.05) is 28.1 Å². The zero-order chi connectivity index (χ0) is 28.2. The van der Waals surface area contributed by atoms with E-state index >= 15 is 0 Å². The molecule has 3 saturated heterocycles. The fourth-order valence-corrected chi connectivity index (χ4v) is 7.12. The number of aliphatic hydroxyl groups excluding tert-OH is 1. The van der Waals surface area contributed by atoms with Gasteiger partial charge in [-0.2, -0.15) is 0 Å². The third-order valence-corrected chi connectivity index (χ3v) is 8.71. The molecule has 6 atom stereocenters. The highest BCUT2D eigenvalue weighted by atomic mass is 79.9. The number of esters is 1. The summed E-state index contributed by atoms with van der Waals surface area (Å²) in [6.07, 6.45) is 5.93. The molecule has 39 heavy (non-hydrogen) atoms. The average molecular weight is 606 g/mol. The van der Waals surface area contributed by atoms with Crippen molar-refractivity contribution in [1.29, 1.82) is 0 Å². The number of allylic oxidation sites excluding steroid dienone is 1. The summed E-state index contributed by atoms with van der Waals surface area (Å²) in [6, 6.07) is 6.10. The van der Waals surface area contributed by atoms with Crippen LogP contribution in [-0.2, 0) is 23.9 Å². The number of hydrogen-bond acceptors (Lipinski definition) is 7. The number of alkyl halides is 1. The summed E-state index contributed by atoms with van der Waals surface area (Å²) >= 11 is 3.67. The lowest BCUT2D eigenvalue weighted by Crippen LogP contribution is -2.57. The molecule has 1 spiro atoms. The molecule has 2 amide bonds. The van der Waals surface area contributed by atoms with Gasteiger partial charge < -0.3 is 29.1 Å². The van der Waals surface area contributed by atoms with Gasteiger partial charge in [-0.3, -0.25) is 14.4 Å². The van der Waals surface area contributed by atoms with Crippen LogP contribution < -0.4 is 9.64 Å². The van der Waals surface area contributed by atoms with Crippen molar-refractivity contribution in [2.75, 3.05) is 38.3 Å². The Morgan fingerprint density at radius 3 is 2.62 bits per heavy atom. The Kier molecular flexibility index (Phi) is 9.51.